The molecule has 0 bridgehead atoms. The Morgan fingerprint density at radius 3 is 2.52 bits per heavy atom. The van der Waals surface area contributed by atoms with Crippen LogP contribution in [0.3, 0.4) is 0 Å². The third-order valence-corrected chi connectivity index (χ3v) is 4.31. The van der Waals surface area contributed by atoms with Gasteiger partial charge in [0.25, 0.3) is 0 Å². The molecule has 120 valence electrons. The molecule has 0 saturated carbocycles. The Bertz CT molecular complexity index is 680. The van der Waals surface area contributed by atoms with Crippen molar-refractivity contribution in [3.8, 4) is 11.3 Å². The van der Waals surface area contributed by atoms with Gasteiger partial charge in [-0.2, -0.15) is 0 Å². The zero-order valence-electron chi connectivity index (χ0n) is 13.3. The standard InChI is InChI=1S/C18H21N3O2/c1-2-16-19-15(13-6-4-3-5-7-13)12-17(20-16)21-10-8-14(9-11-21)18(22)23/h3-7,12,14H,2,8-11H2,1H3,(H,22,23). The van der Waals surface area contributed by atoms with Gasteiger partial charge in [-0.05, 0) is 12.8 Å². The maximum Gasteiger partial charge on any atom is 0.306 e. The van der Waals surface area contributed by atoms with E-state index in [0.717, 1.165) is 42.4 Å². The minimum atomic E-state index is -0.688. The summed E-state index contributed by atoms with van der Waals surface area (Å²) in [7, 11) is 0. The molecular formula is C18H21N3O2. The molecule has 0 aliphatic carbocycles. The minimum Gasteiger partial charge on any atom is -0.481 e. The van der Waals surface area contributed by atoms with E-state index in [1.807, 2.05) is 43.3 Å². The van der Waals surface area contributed by atoms with Crippen LogP contribution in [-0.4, -0.2) is 34.1 Å². The minimum absolute atomic E-state index is 0.229. The maximum atomic E-state index is 11.1. The number of nitrogens with zero attached hydrogens (tertiary/aromatic N) is 3. The van der Waals surface area contributed by atoms with Crippen molar-refractivity contribution >= 4 is 11.8 Å². The van der Waals surface area contributed by atoms with Gasteiger partial charge in [-0.3, -0.25) is 4.79 Å². The number of hydrogen-bond donors (Lipinski definition) is 1. The Morgan fingerprint density at radius 1 is 1.22 bits per heavy atom. The second kappa shape index (κ2) is 6.77. The normalized spacial score (nSPS) is 15.6. The second-order valence-electron chi connectivity index (χ2n) is 5.85. The first-order valence-corrected chi connectivity index (χ1v) is 8.08. The molecule has 0 radical (unpaired) electrons. The lowest BCUT2D eigenvalue weighted by Gasteiger charge is -2.31. The number of aryl methyl sites for hydroxylation is 1. The van der Waals surface area contributed by atoms with E-state index in [0.29, 0.717) is 12.8 Å². The molecule has 3 rings (SSSR count). The van der Waals surface area contributed by atoms with Gasteiger partial charge in [-0.25, -0.2) is 9.97 Å². The van der Waals surface area contributed by atoms with Gasteiger partial charge in [0, 0.05) is 31.1 Å². The molecule has 0 unspecified atom stereocenters. The number of benzene rings is 1. The van der Waals surface area contributed by atoms with Gasteiger partial charge >= 0.3 is 5.97 Å². The van der Waals surface area contributed by atoms with Crippen LogP contribution >= 0.6 is 0 Å². The van der Waals surface area contributed by atoms with Crippen LogP contribution in [0, 0.1) is 5.92 Å². The van der Waals surface area contributed by atoms with Crippen LogP contribution in [0.15, 0.2) is 36.4 Å². The molecule has 0 spiro atoms. The molecule has 1 saturated heterocycles. The number of rotatable bonds is 4. The smallest absolute Gasteiger partial charge is 0.306 e. The molecule has 0 atom stereocenters. The Balaban J connectivity index is 1.87. The van der Waals surface area contributed by atoms with Crippen LogP contribution in [-0.2, 0) is 11.2 Å². The van der Waals surface area contributed by atoms with Crippen molar-refractivity contribution in [1.82, 2.24) is 9.97 Å². The molecule has 5 heteroatoms. The lowest BCUT2D eigenvalue weighted by molar-refractivity contribution is -0.142. The van der Waals surface area contributed by atoms with Gasteiger partial charge in [0.05, 0.1) is 11.6 Å². The number of aliphatic carboxylic acids is 1. The Labute approximate surface area is 136 Å². The van der Waals surface area contributed by atoms with Crippen molar-refractivity contribution in [3.63, 3.8) is 0 Å². The van der Waals surface area contributed by atoms with Crippen molar-refractivity contribution in [2.75, 3.05) is 18.0 Å². The van der Waals surface area contributed by atoms with E-state index in [9.17, 15) is 4.79 Å². The molecule has 2 heterocycles. The third kappa shape index (κ3) is 3.50. The van der Waals surface area contributed by atoms with Crippen LogP contribution in [0.1, 0.15) is 25.6 Å². The summed E-state index contributed by atoms with van der Waals surface area (Å²) in [5, 5.41) is 9.13. The van der Waals surface area contributed by atoms with Gasteiger partial charge in [0.1, 0.15) is 11.6 Å². The van der Waals surface area contributed by atoms with Crippen LogP contribution in [0.25, 0.3) is 11.3 Å². The van der Waals surface area contributed by atoms with E-state index >= 15 is 0 Å². The summed E-state index contributed by atoms with van der Waals surface area (Å²) in [5.41, 5.74) is 2.00. The highest BCUT2D eigenvalue weighted by Gasteiger charge is 2.25. The molecule has 1 aromatic heterocycles. The first-order chi connectivity index (χ1) is 11.2. The lowest BCUT2D eigenvalue weighted by atomic mass is 9.97. The fourth-order valence-electron chi connectivity index (χ4n) is 2.92. The summed E-state index contributed by atoms with van der Waals surface area (Å²) in [6.45, 7) is 3.50. The SMILES string of the molecule is CCc1nc(-c2ccccc2)cc(N2CCC(C(=O)O)CC2)n1. The van der Waals surface area contributed by atoms with E-state index in [2.05, 4.69) is 14.9 Å². The van der Waals surface area contributed by atoms with Crippen molar-refractivity contribution in [3.05, 3.63) is 42.2 Å². The van der Waals surface area contributed by atoms with Crippen molar-refractivity contribution < 1.29 is 9.90 Å². The Hall–Kier alpha value is -2.43. The Morgan fingerprint density at radius 2 is 1.91 bits per heavy atom. The van der Waals surface area contributed by atoms with Crippen LogP contribution in [0.2, 0.25) is 0 Å². The number of carbonyl (C=O) groups is 1. The number of carboxylic acid groups (broad SMARTS) is 1. The summed E-state index contributed by atoms with van der Waals surface area (Å²) >= 11 is 0. The topological polar surface area (TPSA) is 66.3 Å². The van der Waals surface area contributed by atoms with Gasteiger partial charge in [-0.15, -0.1) is 0 Å². The largest absolute Gasteiger partial charge is 0.481 e. The van der Waals surface area contributed by atoms with Crippen molar-refractivity contribution in [2.45, 2.75) is 26.2 Å². The van der Waals surface area contributed by atoms with Gasteiger partial charge in [0.15, 0.2) is 0 Å². The van der Waals surface area contributed by atoms with Crippen LogP contribution in [0.5, 0.6) is 0 Å². The van der Waals surface area contributed by atoms with E-state index in [-0.39, 0.29) is 5.92 Å². The fraction of sp³-hybridized carbons (Fsp3) is 0.389. The molecule has 1 N–H and O–H groups in total. The highest BCUT2D eigenvalue weighted by molar-refractivity contribution is 5.70. The summed E-state index contributed by atoms with van der Waals surface area (Å²) in [4.78, 5) is 22.5. The zero-order chi connectivity index (χ0) is 16.2. The van der Waals surface area contributed by atoms with E-state index in [1.54, 1.807) is 0 Å². The summed E-state index contributed by atoms with van der Waals surface area (Å²) in [5.74, 6) is 0.806. The lowest BCUT2D eigenvalue weighted by Crippen LogP contribution is -2.37. The quantitative estimate of drug-likeness (QED) is 0.940. The molecule has 1 aliphatic heterocycles. The fourth-order valence-corrected chi connectivity index (χ4v) is 2.92. The zero-order valence-corrected chi connectivity index (χ0v) is 13.3. The van der Waals surface area contributed by atoms with Gasteiger partial charge < -0.3 is 10.0 Å². The van der Waals surface area contributed by atoms with E-state index in [4.69, 9.17) is 5.11 Å². The van der Waals surface area contributed by atoms with Crippen molar-refractivity contribution in [2.24, 2.45) is 5.92 Å². The third-order valence-electron chi connectivity index (χ3n) is 4.31. The van der Waals surface area contributed by atoms with Crippen molar-refractivity contribution in [1.29, 1.82) is 0 Å². The first-order valence-electron chi connectivity index (χ1n) is 8.08. The monoisotopic (exact) mass is 311 g/mol. The molecule has 5 nitrogen and oxygen atoms in total. The second-order valence-corrected chi connectivity index (χ2v) is 5.85. The summed E-state index contributed by atoms with van der Waals surface area (Å²) in [6.07, 6.45) is 2.11. The summed E-state index contributed by atoms with van der Waals surface area (Å²) < 4.78 is 0. The predicted molar refractivity (Wildman–Crippen MR) is 89.4 cm³/mol. The average molecular weight is 311 g/mol. The maximum absolute atomic E-state index is 11.1. The van der Waals surface area contributed by atoms with Gasteiger partial charge in [0.2, 0.25) is 0 Å². The van der Waals surface area contributed by atoms with Gasteiger partial charge in [-0.1, -0.05) is 37.3 Å². The Kier molecular flexibility index (Phi) is 4.55. The van der Waals surface area contributed by atoms with E-state index < -0.39 is 5.97 Å². The first kappa shape index (κ1) is 15.5. The number of piperidine rings is 1. The molecule has 1 fully saturated rings. The average Bonchev–Trinajstić information content (AvgIpc) is 2.62. The van der Waals surface area contributed by atoms with Crippen LogP contribution < -0.4 is 4.90 Å². The summed E-state index contributed by atoms with van der Waals surface area (Å²) in [6, 6.07) is 12.1. The molecule has 23 heavy (non-hydrogen) atoms. The number of carboxylic acids is 1. The molecule has 1 aromatic carbocycles. The number of anilines is 1. The highest BCUT2D eigenvalue weighted by atomic mass is 16.4. The van der Waals surface area contributed by atoms with Crippen LogP contribution in [0.4, 0.5) is 5.82 Å². The number of aromatic nitrogens is 2. The van der Waals surface area contributed by atoms with E-state index in [1.165, 1.54) is 0 Å². The predicted octanol–water partition coefficient (Wildman–Crippen LogP) is 3.01. The molecule has 1 aliphatic rings. The molecule has 2 aromatic rings. The number of hydrogen-bond acceptors (Lipinski definition) is 4. The molecule has 0 amide bonds. The highest BCUT2D eigenvalue weighted by Crippen LogP contribution is 2.26. The molecular weight excluding hydrogens is 290 g/mol.